The summed E-state index contributed by atoms with van der Waals surface area (Å²) in [4.78, 5) is 29.5. The second-order valence-electron chi connectivity index (χ2n) is 7.90. The van der Waals surface area contributed by atoms with Crippen LogP contribution in [0.1, 0.15) is 12.8 Å². The Kier molecular flexibility index (Phi) is 4.69. The van der Waals surface area contributed by atoms with Crippen molar-refractivity contribution in [2.24, 2.45) is 20.0 Å². The molecule has 164 valence electrons. The summed E-state index contributed by atoms with van der Waals surface area (Å²) < 4.78 is 8.79. The summed E-state index contributed by atoms with van der Waals surface area (Å²) in [5.74, 6) is 0.940. The highest BCUT2D eigenvalue weighted by Gasteiger charge is 2.30. The van der Waals surface area contributed by atoms with E-state index >= 15 is 0 Å². The van der Waals surface area contributed by atoms with Crippen LogP contribution in [0, 0.1) is 5.92 Å². The van der Waals surface area contributed by atoms with E-state index < -0.39 is 0 Å². The van der Waals surface area contributed by atoms with E-state index in [4.69, 9.17) is 4.74 Å². The van der Waals surface area contributed by atoms with Crippen molar-refractivity contribution < 1.29 is 9.53 Å². The number of hydrogen-bond donors (Lipinski definition) is 3. The van der Waals surface area contributed by atoms with Crippen molar-refractivity contribution in [3.8, 4) is 17.0 Å². The van der Waals surface area contributed by atoms with E-state index in [1.807, 2.05) is 37.5 Å². The largest absolute Gasteiger partial charge is 0.494 e. The molecule has 4 aromatic rings. The third-order valence-electron chi connectivity index (χ3n) is 5.49. The predicted molar refractivity (Wildman–Crippen MR) is 121 cm³/mol. The van der Waals surface area contributed by atoms with Gasteiger partial charge in [0.05, 0.1) is 24.2 Å². The van der Waals surface area contributed by atoms with Gasteiger partial charge in [0.1, 0.15) is 11.2 Å². The van der Waals surface area contributed by atoms with Gasteiger partial charge in [-0.25, -0.2) is 4.98 Å². The van der Waals surface area contributed by atoms with E-state index in [0.717, 1.165) is 24.1 Å². The van der Waals surface area contributed by atoms with Gasteiger partial charge in [0, 0.05) is 37.8 Å². The lowest BCUT2D eigenvalue weighted by atomic mass is 10.1. The van der Waals surface area contributed by atoms with Gasteiger partial charge in [0.25, 0.3) is 5.56 Å². The van der Waals surface area contributed by atoms with Crippen LogP contribution in [0.25, 0.3) is 22.3 Å². The molecule has 1 aromatic carbocycles. The lowest BCUT2D eigenvalue weighted by Gasteiger charge is -2.15. The number of carbonyl (C=O) groups excluding carboxylic acids is 1. The molecule has 0 radical (unpaired) electrons. The summed E-state index contributed by atoms with van der Waals surface area (Å²) in [5, 5.41) is 14.0. The molecule has 0 saturated heterocycles. The van der Waals surface area contributed by atoms with Crippen LogP contribution in [0.2, 0.25) is 0 Å². The van der Waals surface area contributed by atoms with Crippen LogP contribution in [-0.2, 0) is 18.9 Å². The Labute approximate surface area is 183 Å². The minimum atomic E-state index is -0.227. The van der Waals surface area contributed by atoms with Crippen molar-refractivity contribution in [3.63, 3.8) is 0 Å². The molecule has 1 amide bonds. The van der Waals surface area contributed by atoms with Crippen LogP contribution >= 0.6 is 0 Å². The Morgan fingerprint density at radius 3 is 2.72 bits per heavy atom. The molecular weight excluding hydrogens is 410 g/mol. The first-order valence-corrected chi connectivity index (χ1v) is 10.3. The van der Waals surface area contributed by atoms with Crippen molar-refractivity contribution in [2.75, 3.05) is 17.7 Å². The van der Waals surface area contributed by atoms with Crippen LogP contribution in [0.15, 0.2) is 41.3 Å². The number of aromatic amines is 1. The van der Waals surface area contributed by atoms with E-state index in [1.165, 1.54) is 4.68 Å². The minimum absolute atomic E-state index is 0.0360. The van der Waals surface area contributed by atoms with Crippen LogP contribution in [-0.4, -0.2) is 37.6 Å². The number of anilines is 3. The van der Waals surface area contributed by atoms with Gasteiger partial charge in [-0.05, 0) is 31.0 Å². The molecule has 1 aliphatic carbocycles. The molecule has 0 bridgehead atoms. The molecule has 1 aliphatic rings. The number of H-pyrrole nitrogens is 1. The van der Waals surface area contributed by atoms with Gasteiger partial charge in [0.2, 0.25) is 5.91 Å². The molecule has 1 fully saturated rings. The Morgan fingerprint density at radius 1 is 1.22 bits per heavy atom. The Balaban J connectivity index is 1.60. The first-order chi connectivity index (χ1) is 15.4. The first-order valence-electron chi connectivity index (χ1n) is 10.3. The Morgan fingerprint density at radius 2 is 2.03 bits per heavy atom. The number of aromatic nitrogens is 5. The van der Waals surface area contributed by atoms with E-state index in [0.29, 0.717) is 34.0 Å². The number of amides is 1. The fraction of sp³-hybridized carbons (Fsp3) is 0.273. The van der Waals surface area contributed by atoms with Crippen molar-refractivity contribution >= 4 is 34.1 Å². The molecule has 3 heterocycles. The third kappa shape index (κ3) is 3.49. The second-order valence-corrected chi connectivity index (χ2v) is 7.90. The zero-order valence-electron chi connectivity index (χ0n) is 18.0. The maximum atomic E-state index is 12.8. The molecule has 0 aliphatic heterocycles. The molecule has 5 rings (SSSR count). The number of para-hydroxylation sites is 1. The number of methoxy groups -OCH3 is 1. The van der Waals surface area contributed by atoms with E-state index in [-0.39, 0.29) is 17.4 Å². The van der Waals surface area contributed by atoms with Gasteiger partial charge in [-0.1, -0.05) is 6.07 Å². The number of aryl methyl sites for hydroxylation is 2. The van der Waals surface area contributed by atoms with Gasteiger partial charge < -0.3 is 15.4 Å². The minimum Gasteiger partial charge on any atom is -0.494 e. The van der Waals surface area contributed by atoms with E-state index in [9.17, 15) is 9.59 Å². The number of ether oxygens (including phenoxy) is 1. The maximum absolute atomic E-state index is 12.8. The maximum Gasteiger partial charge on any atom is 0.277 e. The van der Waals surface area contributed by atoms with E-state index in [2.05, 4.69) is 25.8 Å². The Bertz CT molecular complexity index is 1390. The highest BCUT2D eigenvalue weighted by Crippen LogP contribution is 2.38. The summed E-state index contributed by atoms with van der Waals surface area (Å²) in [5.41, 5.74) is 2.91. The zero-order valence-corrected chi connectivity index (χ0v) is 18.0. The number of nitrogens with zero attached hydrogens (tertiary/aromatic N) is 4. The molecule has 0 atom stereocenters. The predicted octanol–water partition coefficient (Wildman–Crippen LogP) is 2.76. The summed E-state index contributed by atoms with van der Waals surface area (Å²) in [6.45, 7) is 0. The fourth-order valence-electron chi connectivity index (χ4n) is 3.72. The van der Waals surface area contributed by atoms with Crippen LogP contribution in [0.5, 0.6) is 5.75 Å². The fourth-order valence-corrected chi connectivity index (χ4v) is 3.72. The van der Waals surface area contributed by atoms with Crippen LogP contribution in [0.4, 0.5) is 17.2 Å². The molecule has 0 unspecified atom stereocenters. The molecule has 3 N–H and O–H groups in total. The summed E-state index contributed by atoms with van der Waals surface area (Å²) >= 11 is 0. The molecule has 10 heteroatoms. The zero-order chi connectivity index (χ0) is 22.4. The summed E-state index contributed by atoms with van der Waals surface area (Å²) in [6, 6.07) is 9.24. The lowest BCUT2D eigenvalue weighted by molar-refractivity contribution is -0.117. The second kappa shape index (κ2) is 7.56. The number of nitrogens with one attached hydrogen (secondary N) is 3. The van der Waals surface area contributed by atoms with Gasteiger partial charge in [-0.2, -0.15) is 5.10 Å². The quantitative estimate of drug-likeness (QED) is 0.430. The normalized spacial score (nSPS) is 13.3. The standard InChI is InChI=1S/C22H23N7O3/c1-28-10-9-14(26-28)13-5-4-6-15(19(13)32-3)23-16-11-17(25-21(30)12-7-8-12)24-20-18(16)22(31)29(2)27-20/h4-6,9-12H,7-8H2,1-3H3,(H3,23,24,25,27,30). The van der Waals surface area contributed by atoms with Gasteiger partial charge >= 0.3 is 0 Å². The number of hydrogen-bond acceptors (Lipinski definition) is 6. The van der Waals surface area contributed by atoms with Crippen molar-refractivity contribution in [1.29, 1.82) is 0 Å². The smallest absolute Gasteiger partial charge is 0.277 e. The molecular formula is C22H23N7O3. The van der Waals surface area contributed by atoms with Crippen molar-refractivity contribution in [3.05, 3.63) is 46.9 Å². The molecule has 10 nitrogen and oxygen atoms in total. The van der Waals surface area contributed by atoms with Crippen LogP contribution < -0.4 is 20.9 Å². The van der Waals surface area contributed by atoms with Crippen molar-refractivity contribution in [1.82, 2.24) is 24.5 Å². The monoisotopic (exact) mass is 433 g/mol. The Hall–Kier alpha value is -4.08. The number of benzene rings is 1. The summed E-state index contributed by atoms with van der Waals surface area (Å²) in [7, 11) is 5.06. The highest BCUT2D eigenvalue weighted by atomic mass is 16.5. The molecule has 0 spiro atoms. The number of carbonyl (C=O) groups is 1. The number of rotatable bonds is 6. The van der Waals surface area contributed by atoms with Gasteiger partial charge in [0.15, 0.2) is 11.4 Å². The molecule has 3 aromatic heterocycles. The molecule has 1 saturated carbocycles. The highest BCUT2D eigenvalue weighted by molar-refractivity contribution is 5.98. The topological polar surface area (TPSA) is 119 Å². The van der Waals surface area contributed by atoms with Crippen LogP contribution in [0.3, 0.4) is 0 Å². The number of fused-ring (bicyclic) bond motifs is 1. The van der Waals surface area contributed by atoms with Gasteiger partial charge in [-0.3, -0.25) is 24.1 Å². The summed E-state index contributed by atoms with van der Waals surface area (Å²) in [6.07, 6.45) is 3.64. The third-order valence-corrected chi connectivity index (χ3v) is 5.49. The van der Waals surface area contributed by atoms with Crippen molar-refractivity contribution in [2.45, 2.75) is 12.8 Å². The average molecular weight is 433 g/mol. The SMILES string of the molecule is COc1c(Nc2cc(NC(=O)C3CC3)nc3[nH]n(C)c(=O)c23)cccc1-c1ccn(C)n1. The van der Waals surface area contributed by atoms with E-state index in [1.54, 1.807) is 24.9 Å². The van der Waals surface area contributed by atoms with Gasteiger partial charge in [-0.15, -0.1) is 0 Å². The average Bonchev–Trinajstić information content (AvgIpc) is 3.47. The number of pyridine rings is 1. The lowest BCUT2D eigenvalue weighted by Crippen LogP contribution is -2.15. The first kappa shape index (κ1) is 19.9. The molecule has 32 heavy (non-hydrogen) atoms.